The third-order valence-electron chi connectivity index (χ3n) is 9.60. The van der Waals surface area contributed by atoms with Gasteiger partial charge in [0.05, 0.1) is 0 Å². The molecular formula is C22H32O4. The van der Waals surface area contributed by atoms with Crippen LogP contribution in [0.3, 0.4) is 0 Å². The average molecular weight is 360 g/mol. The highest BCUT2D eigenvalue weighted by molar-refractivity contribution is 5.91. The van der Waals surface area contributed by atoms with Gasteiger partial charge in [0.1, 0.15) is 17.2 Å². The maximum Gasteiger partial charge on any atom is 0.161 e. The van der Waals surface area contributed by atoms with E-state index in [1.165, 1.54) is 6.92 Å². The van der Waals surface area contributed by atoms with E-state index in [2.05, 4.69) is 13.8 Å². The van der Waals surface area contributed by atoms with Crippen LogP contribution in [0.25, 0.3) is 0 Å². The fraction of sp³-hybridized carbons (Fsp3) is 0.864. The SMILES string of the molecule is CC(=O)[C@@]1(O)CC[C@@H]2[C@H]3CC[C@@]4(C)CC(=O)CC[C@]4(C)[C@@H]3C(=O)C[C@@]21C. The van der Waals surface area contributed by atoms with Gasteiger partial charge < -0.3 is 5.11 Å². The fourth-order valence-corrected chi connectivity index (χ4v) is 7.77. The largest absolute Gasteiger partial charge is 0.381 e. The third kappa shape index (κ3) is 1.97. The molecule has 7 atom stereocenters. The Morgan fingerprint density at radius 3 is 2.35 bits per heavy atom. The van der Waals surface area contributed by atoms with Crippen LogP contribution in [0.4, 0.5) is 0 Å². The van der Waals surface area contributed by atoms with Gasteiger partial charge in [0.25, 0.3) is 0 Å². The first kappa shape index (κ1) is 18.3. The van der Waals surface area contributed by atoms with E-state index >= 15 is 0 Å². The van der Waals surface area contributed by atoms with Crippen molar-refractivity contribution in [1.29, 1.82) is 0 Å². The lowest BCUT2D eigenvalue weighted by molar-refractivity contribution is -0.187. The minimum Gasteiger partial charge on any atom is -0.381 e. The first-order chi connectivity index (χ1) is 12.0. The second-order valence-electron chi connectivity index (χ2n) is 10.5. The van der Waals surface area contributed by atoms with Crippen molar-refractivity contribution in [3.63, 3.8) is 0 Å². The van der Waals surface area contributed by atoms with Crippen molar-refractivity contribution in [1.82, 2.24) is 0 Å². The predicted octanol–water partition coefficient (Wildman–Crippen LogP) is 3.49. The van der Waals surface area contributed by atoms with Crippen LogP contribution in [0.1, 0.15) is 79.1 Å². The van der Waals surface area contributed by atoms with Crippen LogP contribution in [0, 0.1) is 34.0 Å². The van der Waals surface area contributed by atoms with Gasteiger partial charge in [-0.05, 0) is 61.7 Å². The molecule has 4 heteroatoms. The number of carbonyl (C=O) groups excluding carboxylic acids is 3. The van der Waals surface area contributed by atoms with E-state index in [0.717, 1.165) is 25.7 Å². The molecular weight excluding hydrogens is 328 g/mol. The number of rotatable bonds is 1. The van der Waals surface area contributed by atoms with Crippen LogP contribution in [0.5, 0.6) is 0 Å². The van der Waals surface area contributed by atoms with Gasteiger partial charge in [0, 0.05) is 30.6 Å². The van der Waals surface area contributed by atoms with Crippen LogP contribution in [-0.2, 0) is 14.4 Å². The number of aliphatic hydroxyl groups is 1. The van der Waals surface area contributed by atoms with Gasteiger partial charge in [0.2, 0.25) is 0 Å². The Morgan fingerprint density at radius 1 is 1.00 bits per heavy atom. The van der Waals surface area contributed by atoms with Crippen molar-refractivity contribution < 1.29 is 19.5 Å². The summed E-state index contributed by atoms with van der Waals surface area (Å²) in [6.07, 6.45) is 5.49. The summed E-state index contributed by atoms with van der Waals surface area (Å²) < 4.78 is 0. The number of carbonyl (C=O) groups is 3. The van der Waals surface area contributed by atoms with Gasteiger partial charge >= 0.3 is 0 Å². The van der Waals surface area contributed by atoms with E-state index in [4.69, 9.17) is 0 Å². The summed E-state index contributed by atoms with van der Waals surface area (Å²) in [6, 6.07) is 0. The molecule has 26 heavy (non-hydrogen) atoms. The lowest BCUT2D eigenvalue weighted by Crippen LogP contribution is -2.63. The lowest BCUT2D eigenvalue weighted by atomic mass is 9.40. The molecule has 0 heterocycles. The van der Waals surface area contributed by atoms with Crippen molar-refractivity contribution in [2.24, 2.45) is 34.0 Å². The Hall–Kier alpha value is -1.03. The molecule has 4 aliphatic rings. The molecule has 0 radical (unpaired) electrons. The van der Waals surface area contributed by atoms with E-state index in [1.54, 1.807) is 0 Å². The van der Waals surface area contributed by atoms with Crippen LogP contribution < -0.4 is 0 Å². The topological polar surface area (TPSA) is 71.4 Å². The summed E-state index contributed by atoms with van der Waals surface area (Å²) in [6.45, 7) is 7.89. The van der Waals surface area contributed by atoms with Crippen LogP contribution >= 0.6 is 0 Å². The van der Waals surface area contributed by atoms with Crippen LogP contribution in [-0.4, -0.2) is 28.1 Å². The highest BCUT2D eigenvalue weighted by Gasteiger charge is 2.70. The number of hydrogen-bond acceptors (Lipinski definition) is 4. The molecule has 4 saturated carbocycles. The Labute approximate surface area is 156 Å². The molecule has 0 amide bonds. The van der Waals surface area contributed by atoms with Crippen molar-refractivity contribution in [2.75, 3.05) is 0 Å². The zero-order chi connectivity index (χ0) is 19.1. The number of ketones is 3. The molecule has 0 bridgehead atoms. The number of hydrogen-bond donors (Lipinski definition) is 1. The standard InChI is InChI=1S/C22H32O4/c1-13(23)22(26)10-7-16-15-6-8-19(2)11-14(24)5-9-20(19,3)18(15)17(25)12-21(16,22)4/h15-16,18,26H,5-12H2,1-4H3/t15-,16-,18+,19+,20-,21+,22+/m1/s1. The van der Waals surface area contributed by atoms with E-state index in [0.29, 0.717) is 31.5 Å². The van der Waals surface area contributed by atoms with Crippen molar-refractivity contribution in [2.45, 2.75) is 84.7 Å². The molecule has 0 aromatic carbocycles. The highest BCUT2D eigenvalue weighted by atomic mass is 16.3. The predicted molar refractivity (Wildman–Crippen MR) is 97.4 cm³/mol. The lowest BCUT2D eigenvalue weighted by Gasteiger charge is -2.63. The third-order valence-corrected chi connectivity index (χ3v) is 9.60. The fourth-order valence-electron chi connectivity index (χ4n) is 7.77. The molecule has 0 unspecified atom stereocenters. The zero-order valence-corrected chi connectivity index (χ0v) is 16.6. The second-order valence-corrected chi connectivity index (χ2v) is 10.5. The number of fused-ring (bicyclic) bond motifs is 5. The molecule has 4 nitrogen and oxygen atoms in total. The summed E-state index contributed by atoms with van der Waals surface area (Å²) in [5.74, 6) is 0.797. The van der Waals surface area contributed by atoms with Gasteiger partial charge in [-0.2, -0.15) is 0 Å². The summed E-state index contributed by atoms with van der Waals surface area (Å²) in [7, 11) is 0. The molecule has 0 saturated heterocycles. The second kappa shape index (κ2) is 5.27. The Bertz CT molecular complexity index is 698. The Balaban J connectivity index is 1.76. The smallest absolute Gasteiger partial charge is 0.161 e. The monoisotopic (exact) mass is 360 g/mol. The van der Waals surface area contributed by atoms with Crippen molar-refractivity contribution in [3.05, 3.63) is 0 Å². The summed E-state index contributed by atoms with van der Waals surface area (Å²) in [5, 5.41) is 11.2. The normalized spacial score (nSPS) is 53.7. The maximum absolute atomic E-state index is 13.5. The van der Waals surface area contributed by atoms with Crippen molar-refractivity contribution in [3.8, 4) is 0 Å². The molecule has 4 aliphatic carbocycles. The van der Waals surface area contributed by atoms with E-state index in [-0.39, 0.29) is 40.2 Å². The van der Waals surface area contributed by atoms with Gasteiger partial charge in [-0.3, -0.25) is 14.4 Å². The zero-order valence-electron chi connectivity index (χ0n) is 16.6. The van der Waals surface area contributed by atoms with Crippen molar-refractivity contribution >= 4 is 17.3 Å². The maximum atomic E-state index is 13.5. The molecule has 1 N–H and O–H groups in total. The van der Waals surface area contributed by atoms with E-state index in [9.17, 15) is 19.5 Å². The molecule has 4 rings (SSSR count). The summed E-state index contributed by atoms with van der Waals surface area (Å²) in [5.41, 5.74) is -2.23. The molecule has 0 aromatic heterocycles. The Morgan fingerprint density at radius 2 is 1.69 bits per heavy atom. The van der Waals surface area contributed by atoms with Gasteiger partial charge in [-0.25, -0.2) is 0 Å². The molecule has 0 spiro atoms. The first-order valence-electron chi connectivity index (χ1n) is 10.3. The van der Waals surface area contributed by atoms with Crippen LogP contribution in [0.15, 0.2) is 0 Å². The average Bonchev–Trinajstić information content (AvgIpc) is 2.81. The molecule has 144 valence electrons. The molecule has 0 aromatic rings. The van der Waals surface area contributed by atoms with Crippen LogP contribution in [0.2, 0.25) is 0 Å². The van der Waals surface area contributed by atoms with E-state index < -0.39 is 11.0 Å². The summed E-state index contributed by atoms with van der Waals surface area (Å²) >= 11 is 0. The molecule has 4 fully saturated rings. The van der Waals surface area contributed by atoms with Gasteiger partial charge in [-0.15, -0.1) is 0 Å². The van der Waals surface area contributed by atoms with Gasteiger partial charge in [-0.1, -0.05) is 20.8 Å². The summed E-state index contributed by atoms with van der Waals surface area (Å²) in [4.78, 5) is 37.9. The van der Waals surface area contributed by atoms with Gasteiger partial charge in [0.15, 0.2) is 5.78 Å². The number of Topliss-reactive ketones (excluding diaryl/α,β-unsaturated/α-hetero) is 3. The quantitative estimate of drug-likeness (QED) is 0.777. The minimum absolute atomic E-state index is 0.0262. The first-order valence-corrected chi connectivity index (χ1v) is 10.3. The Kier molecular flexibility index (Phi) is 3.72. The molecule has 0 aliphatic heterocycles. The minimum atomic E-state index is -1.36. The highest BCUT2D eigenvalue weighted by Crippen LogP contribution is 2.70. The van der Waals surface area contributed by atoms with E-state index in [1.807, 2.05) is 6.92 Å².